The SMILES string of the molecule is C=CCOc1ccc(-c2nc3sc(=Cc4cn(-c5ccccc5)nc4-c4ccc(OC)cc4)c(=O)n3n2)cc1. The summed E-state index contributed by atoms with van der Waals surface area (Å²) >= 11 is 1.29. The molecule has 0 aliphatic heterocycles. The number of hydrogen-bond donors (Lipinski definition) is 0. The molecule has 0 atom stereocenters. The molecule has 0 saturated heterocycles. The van der Waals surface area contributed by atoms with Crippen molar-refractivity contribution < 1.29 is 9.47 Å². The number of nitrogens with zero attached hydrogens (tertiary/aromatic N) is 5. The molecule has 0 aliphatic rings. The zero-order valence-electron chi connectivity index (χ0n) is 21.0. The standard InChI is InChI=1S/C30H23N5O3S/c1-3-17-38-25-15-11-21(12-16-25)28-31-30-35(33-28)29(36)26(39-30)18-22-19-34(23-7-5-4-6-8-23)32-27(22)20-9-13-24(37-2)14-10-20/h3-16,18-19H,1,17H2,2H3. The van der Waals surface area contributed by atoms with Crippen LogP contribution in [0.3, 0.4) is 0 Å². The molecule has 192 valence electrons. The predicted molar refractivity (Wildman–Crippen MR) is 153 cm³/mol. The van der Waals surface area contributed by atoms with Crippen LogP contribution < -0.4 is 19.6 Å². The van der Waals surface area contributed by atoms with Crippen LogP contribution in [0.15, 0.2) is 103 Å². The molecule has 0 spiro atoms. The Labute approximate surface area is 227 Å². The quantitative estimate of drug-likeness (QED) is 0.262. The summed E-state index contributed by atoms with van der Waals surface area (Å²) in [5.41, 5.74) is 3.95. The molecule has 0 radical (unpaired) electrons. The van der Waals surface area contributed by atoms with E-state index in [1.807, 2.05) is 95.8 Å². The van der Waals surface area contributed by atoms with Gasteiger partial charge < -0.3 is 9.47 Å². The first-order valence-electron chi connectivity index (χ1n) is 12.2. The average molecular weight is 534 g/mol. The first-order chi connectivity index (χ1) is 19.1. The number of aromatic nitrogens is 5. The summed E-state index contributed by atoms with van der Waals surface area (Å²) in [6.07, 6.45) is 5.46. The van der Waals surface area contributed by atoms with E-state index in [4.69, 9.17) is 14.6 Å². The molecule has 8 nitrogen and oxygen atoms in total. The molecule has 6 aromatic rings. The lowest BCUT2D eigenvalue weighted by atomic mass is 10.1. The molecule has 0 bridgehead atoms. The van der Waals surface area contributed by atoms with Crippen molar-refractivity contribution in [1.82, 2.24) is 24.4 Å². The Morgan fingerprint density at radius 2 is 1.64 bits per heavy atom. The lowest BCUT2D eigenvalue weighted by Crippen LogP contribution is -2.23. The lowest BCUT2D eigenvalue weighted by molar-refractivity contribution is 0.363. The molecule has 0 fully saturated rings. The van der Waals surface area contributed by atoms with Gasteiger partial charge in [-0.1, -0.05) is 42.2 Å². The second kappa shape index (κ2) is 10.4. The molecule has 39 heavy (non-hydrogen) atoms. The number of rotatable bonds is 8. The summed E-state index contributed by atoms with van der Waals surface area (Å²) in [5, 5.41) is 9.33. The molecule has 9 heteroatoms. The molecule has 0 saturated carbocycles. The van der Waals surface area contributed by atoms with Crippen molar-refractivity contribution in [3.05, 3.63) is 118 Å². The van der Waals surface area contributed by atoms with Crippen molar-refractivity contribution in [1.29, 1.82) is 0 Å². The number of hydrogen-bond acceptors (Lipinski definition) is 7. The summed E-state index contributed by atoms with van der Waals surface area (Å²) in [6, 6.07) is 25.0. The summed E-state index contributed by atoms with van der Waals surface area (Å²) < 4.78 is 14.5. The van der Waals surface area contributed by atoms with Crippen LogP contribution in [-0.4, -0.2) is 38.1 Å². The Bertz CT molecular complexity index is 1870. The van der Waals surface area contributed by atoms with E-state index in [0.717, 1.165) is 39.6 Å². The van der Waals surface area contributed by atoms with E-state index in [9.17, 15) is 4.79 Å². The van der Waals surface area contributed by atoms with Crippen LogP contribution in [0.1, 0.15) is 5.56 Å². The minimum atomic E-state index is -0.229. The molecule has 6 rings (SSSR count). The molecule has 3 aromatic carbocycles. The van der Waals surface area contributed by atoms with Gasteiger partial charge in [0, 0.05) is 22.9 Å². The van der Waals surface area contributed by atoms with Crippen molar-refractivity contribution in [3.63, 3.8) is 0 Å². The zero-order chi connectivity index (χ0) is 26.8. The topological polar surface area (TPSA) is 83.5 Å². The van der Waals surface area contributed by atoms with Gasteiger partial charge in [-0.2, -0.15) is 14.6 Å². The Morgan fingerprint density at radius 3 is 2.33 bits per heavy atom. The fraction of sp³-hybridized carbons (Fsp3) is 0.0667. The van der Waals surface area contributed by atoms with E-state index in [-0.39, 0.29) is 5.56 Å². The molecular weight excluding hydrogens is 510 g/mol. The fourth-order valence-corrected chi connectivity index (χ4v) is 5.03. The monoisotopic (exact) mass is 533 g/mol. The Balaban J connectivity index is 1.40. The number of ether oxygens (including phenoxy) is 2. The van der Waals surface area contributed by atoms with E-state index >= 15 is 0 Å². The van der Waals surface area contributed by atoms with Crippen LogP contribution in [0.2, 0.25) is 0 Å². The van der Waals surface area contributed by atoms with Crippen molar-refractivity contribution in [2.24, 2.45) is 0 Å². The molecule has 0 amide bonds. The number of fused-ring (bicyclic) bond motifs is 1. The number of benzene rings is 3. The van der Waals surface area contributed by atoms with Crippen molar-refractivity contribution in [2.75, 3.05) is 13.7 Å². The van der Waals surface area contributed by atoms with E-state index < -0.39 is 0 Å². The highest BCUT2D eigenvalue weighted by molar-refractivity contribution is 7.15. The third-order valence-electron chi connectivity index (χ3n) is 6.08. The van der Waals surface area contributed by atoms with Crippen LogP contribution in [0.4, 0.5) is 0 Å². The van der Waals surface area contributed by atoms with E-state index in [0.29, 0.717) is 21.9 Å². The highest BCUT2D eigenvalue weighted by Crippen LogP contribution is 2.27. The Morgan fingerprint density at radius 1 is 0.923 bits per heavy atom. The number of methoxy groups -OCH3 is 1. The van der Waals surface area contributed by atoms with E-state index in [1.54, 1.807) is 13.2 Å². The maximum atomic E-state index is 13.3. The van der Waals surface area contributed by atoms with Gasteiger partial charge in [-0.25, -0.2) is 4.68 Å². The van der Waals surface area contributed by atoms with Crippen molar-refractivity contribution in [3.8, 4) is 39.8 Å². The van der Waals surface area contributed by atoms with Gasteiger partial charge in [0.15, 0.2) is 5.82 Å². The van der Waals surface area contributed by atoms with Gasteiger partial charge in [0.25, 0.3) is 5.56 Å². The third kappa shape index (κ3) is 4.83. The molecular formula is C30H23N5O3S. The van der Waals surface area contributed by atoms with Crippen LogP contribution in [0.5, 0.6) is 11.5 Å². The molecule has 3 heterocycles. The lowest BCUT2D eigenvalue weighted by Gasteiger charge is -2.02. The average Bonchev–Trinajstić information content (AvgIpc) is 3.68. The molecule has 3 aromatic heterocycles. The number of para-hydroxylation sites is 1. The minimum Gasteiger partial charge on any atom is -0.497 e. The first-order valence-corrected chi connectivity index (χ1v) is 13.0. The summed E-state index contributed by atoms with van der Waals surface area (Å²) in [7, 11) is 1.63. The third-order valence-corrected chi connectivity index (χ3v) is 7.03. The number of thiazole rings is 1. The molecule has 0 aliphatic carbocycles. The van der Waals surface area contributed by atoms with E-state index in [1.165, 1.54) is 15.9 Å². The summed E-state index contributed by atoms with van der Waals surface area (Å²) in [6.45, 7) is 4.09. The van der Waals surface area contributed by atoms with Crippen LogP contribution in [0, 0.1) is 0 Å². The van der Waals surface area contributed by atoms with Gasteiger partial charge >= 0.3 is 0 Å². The van der Waals surface area contributed by atoms with Gasteiger partial charge in [-0.15, -0.1) is 5.10 Å². The first kappa shape index (κ1) is 24.3. The second-order valence-corrected chi connectivity index (χ2v) is 9.62. The van der Waals surface area contributed by atoms with E-state index in [2.05, 4.69) is 16.7 Å². The summed E-state index contributed by atoms with van der Waals surface area (Å²) in [4.78, 5) is 18.5. The summed E-state index contributed by atoms with van der Waals surface area (Å²) in [5.74, 6) is 1.97. The Kier molecular flexibility index (Phi) is 6.48. The molecule has 0 unspecified atom stereocenters. The maximum absolute atomic E-state index is 13.3. The van der Waals surface area contributed by atoms with Gasteiger partial charge in [-0.05, 0) is 66.7 Å². The Hall–Kier alpha value is -5.02. The van der Waals surface area contributed by atoms with Crippen LogP contribution in [-0.2, 0) is 0 Å². The second-order valence-electron chi connectivity index (χ2n) is 8.61. The zero-order valence-corrected chi connectivity index (χ0v) is 21.8. The normalized spacial score (nSPS) is 11.7. The fourth-order valence-electron chi connectivity index (χ4n) is 4.13. The molecule has 0 N–H and O–H groups in total. The maximum Gasteiger partial charge on any atom is 0.291 e. The minimum absolute atomic E-state index is 0.229. The van der Waals surface area contributed by atoms with Gasteiger partial charge in [0.1, 0.15) is 23.8 Å². The van der Waals surface area contributed by atoms with Gasteiger partial charge in [0.2, 0.25) is 4.96 Å². The predicted octanol–water partition coefficient (Wildman–Crippen LogP) is 4.79. The van der Waals surface area contributed by atoms with Crippen LogP contribution >= 0.6 is 11.3 Å². The van der Waals surface area contributed by atoms with Gasteiger partial charge in [0.05, 0.1) is 17.3 Å². The highest BCUT2D eigenvalue weighted by Gasteiger charge is 2.15. The van der Waals surface area contributed by atoms with Crippen molar-refractivity contribution >= 4 is 22.4 Å². The smallest absolute Gasteiger partial charge is 0.291 e. The highest BCUT2D eigenvalue weighted by atomic mass is 32.1. The van der Waals surface area contributed by atoms with Gasteiger partial charge in [-0.3, -0.25) is 4.79 Å². The largest absolute Gasteiger partial charge is 0.497 e. The van der Waals surface area contributed by atoms with Crippen LogP contribution in [0.25, 0.3) is 39.4 Å². The van der Waals surface area contributed by atoms with Crippen molar-refractivity contribution in [2.45, 2.75) is 0 Å².